The van der Waals surface area contributed by atoms with E-state index in [4.69, 9.17) is 0 Å². The number of aromatic nitrogens is 2. The molecule has 18 heavy (non-hydrogen) atoms. The Kier molecular flexibility index (Phi) is 2.11. The second kappa shape index (κ2) is 3.59. The molecule has 4 atom stereocenters. The minimum absolute atomic E-state index is 0.696. The maximum atomic E-state index is 4.55. The molecule has 4 rings (SSSR count). The smallest absolute Gasteiger partial charge is 0.226 e. The summed E-state index contributed by atoms with van der Waals surface area (Å²) in [5.41, 5.74) is 0. The van der Waals surface area contributed by atoms with Gasteiger partial charge in [0.25, 0.3) is 0 Å². The van der Waals surface area contributed by atoms with Gasteiger partial charge < -0.3 is 10.2 Å². The molecule has 3 fully saturated rings. The van der Waals surface area contributed by atoms with Gasteiger partial charge in [-0.15, -0.1) is 0 Å². The van der Waals surface area contributed by atoms with Gasteiger partial charge in [0.05, 0.1) is 0 Å². The van der Waals surface area contributed by atoms with E-state index >= 15 is 0 Å². The summed E-state index contributed by atoms with van der Waals surface area (Å²) in [6, 6.07) is 2.68. The van der Waals surface area contributed by atoms with Gasteiger partial charge >= 0.3 is 0 Å². The number of rotatable bonds is 3. The largest absolute Gasteiger partial charge is 0.367 e. The molecule has 0 radical (unpaired) electrons. The molecule has 4 heteroatoms. The highest BCUT2D eigenvalue weighted by atomic mass is 15.2. The van der Waals surface area contributed by atoms with Crippen LogP contribution in [-0.2, 0) is 0 Å². The van der Waals surface area contributed by atoms with Gasteiger partial charge in [-0.2, -0.15) is 4.98 Å². The van der Waals surface area contributed by atoms with Crippen molar-refractivity contribution in [2.24, 2.45) is 23.7 Å². The zero-order valence-corrected chi connectivity index (χ0v) is 11.0. The summed E-state index contributed by atoms with van der Waals surface area (Å²) in [6.45, 7) is 0. The SMILES string of the molecule is CN(C)c1nccc(NC2C3C4CCC(C4)C23)n1. The maximum Gasteiger partial charge on any atom is 0.226 e. The minimum atomic E-state index is 0.696. The lowest BCUT2D eigenvalue weighted by molar-refractivity contribution is 0.456. The van der Waals surface area contributed by atoms with Crippen LogP contribution in [0, 0.1) is 23.7 Å². The van der Waals surface area contributed by atoms with Gasteiger partial charge in [-0.3, -0.25) is 0 Å². The quantitative estimate of drug-likeness (QED) is 0.883. The van der Waals surface area contributed by atoms with Gasteiger partial charge in [0.15, 0.2) is 0 Å². The third kappa shape index (κ3) is 1.44. The topological polar surface area (TPSA) is 41.1 Å². The van der Waals surface area contributed by atoms with E-state index < -0.39 is 0 Å². The zero-order valence-electron chi connectivity index (χ0n) is 11.0. The van der Waals surface area contributed by atoms with Crippen molar-refractivity contribution >= 4 is 11.8 Å². The van der Waals surface area contributed by atoms with Crippen molar-refractivity contribution in [1.29, 1.82) is 0 Å². The number of hydrogen-bond acceptors (Lipinski definition) is 4. The van der Waals surface area contributed by atoms with Crippen LogP contribution in [0.4, 0.5) is 11.8 Å². The minimum Gasteiger partial charge on any atom is -0.367 e. The number of hydrogen-bond donors (Lipinski definition) is 1. The molecule has 0 amide bonds. The number of nitrogens with one attached hydrogen (secondary N) is 1. The Morgan fingerprint density at radius 2 is 1.94 bits per heavy atom. The Bertz CT molecular complexity index is 457. The van der Waals surface area contributed by atoms with Crippen LogP contribution in [0.5, 0.6) is 0 Å². The molecule has 2 bridgehead atoms. The molecule has 1 aromatic rings. The Hall–Kier alpha value is -1.32. The van der Waals surface area contributed by atoms with E-state index in [9.17, 15) is 0 Å². The van der Waals surface area contributed by atoms with Gasteiger partial charge in [-0.05, 0) is 49.0 Å². The molecule has 0 spiro atoms. The Labute approximate surface area is 108 Å². The lowest BCUT2D eigenvalue weighted by Gasteiger charge is -2.14. The van der Waals surface area contributed by atoms with Gasteiger partial charge in [0.1, 0.15) is 5.82 Å². The number of anilines is 2. The van der Waals surface area contributed by atoms with Gasteiger partial charge in [-0.1, -0.05) is 0 Å². The highest BCUT2D eigenvalue weighted by Gasteiger charge is 2.65. The molecule has 3 aliphatic carbocycles. The molecule has 4 nitrogen and oxygen atoms in total. The zero-order chi connectivity index (χ0) is 12.3. The summed E-state index contributed by atoms with van der Waals surface area (Å²) in [6.07, 6.45) is 6.28. The third-order valence-corrected chi connectivity index (χ3v) is 5.09. The first-order valence-corrected chi connectivity index (χ1v) is 7.01. The molecular formula is C14H20N4. The number of fused-ring (bicyclic) bond motifs is 5. The average Bonchev–Trinajstić information content (AvgIpc) is 2.77. The molecule has 1 N–H and O–H groups in total. The molecule has 3 saturated carbocycles. The van der Waals surface area contributed by atoms with Crippen LogP contribution in [0.3, 0.4) is 0 Å². The van der Waals surface area contributed by atoms with Gasteiger partial charge in [0.2, 0.25) is 5.95 Å². The summed E-state index contributed by atoms with van der Waals surface area (Å²) in [4.78, 5) is 10.8. The van der Waals surface area contributed by atoms with Crippen molar-refractivity contribution < 1.29 is 0 Å². The van der Waals surface area contributed by atoms with E-state index in [1.165, 1.54) is 19.3 Å². The van der Waals surface area contributed by atoms with E-state index in [0.717, 1.165) is 35.4 Å². The van der Waals surface area contributed by atoms with Crippen molar-refractivity contribution in [3.63, 3.8) is 0 Å². The third-order valence-electron chi connectivity index (χ3n) is 5.09. The van der Waals surface area contributed by atoms with Crippen LogP contribution >= 0.6 is 0 Å². The van der Waals surface area contributed by atoms with E-state index in [-0.39, 0.29) is 0 Å². The summed E-state index contributed by atoms with van der Waals surface area (Å²) < 4.78 is 0. The standard InChI is InChI=1S/C14H20N4/c1-18(2)14-15-6-5-10(17-14)16-13-11-8-3-4-9(7-8)12(11)13/h5-6,8-9,11-13H,3-4,7H2,1-2H3,(H,15,16,17). The van der Waals surface area contributed by atoms with Crippen LogP contribution in [0.25, 0.3) is 0 Å². The first kappa shape index (κ1) is 10.6. The fraction of sp³-hybridized carbons (Fsp3) is 0.714. The van der Waals surface area contributed by atoms with Crippen LogP contribution in [-0.4, -0.2) is 30.1 Å². The van der Waals surface area contributed by atoms with Crippen LogP contribution in [0.1, 0.15) is 19.3 Å². The van der Waals surface area contributed by atoms with Crippen molar-refractivity contribution in [3.05, 3.63) is 12.3 Å². The molecule has 1 aromatic heterocycles. The molecular weight excluding hydrogens is 224 g/mol. The van der Waals surface area contributed by atoms with Crippen molar-refractivity contribution in [3.8, 4) is 0 Å². The lowest BCUT2D eigenvalue weighted by atomic mass is 10.0. The molecule has 3 aliphatic rings. The molecule has 0 aliphatic heterocycles. The highest BCUT2D eigenvalue weighted by Crippen LogP contribution is 2.66. The van der Waals surface area contributed by atoms with E-state index in [0.29, 0.717) is 6.04 Å². The van der Waals surface area contributed by atoms with Gasteiger partial charge in [-0.25, -0.2) is 4.98 Å². The Morgan fingerprint density at radius 3 is 2.61 bits per heavy atom. The van der Waals surface area contributed by atoms with E-state index in [1.54, 1.807) is 0 Å². The summed E-state index contributed by atoms with van der Waals surface area (Å²) in [5, 5.41) is 3.64. The average molecular weight is 244 g/mol. The predicted octanol–water partition coefficient (Wildman–Crippen LogP) is 2.00. The lowest BCUT2D eigenvalue weighted by Crippen LogP contribution is -2.16. The predicted molar refractivity (Wildman–Crippen MR) is 71.6 cm³/mol. The molecule has 1 heterocycles. The maximum absolute atomic E-state index is 4.55. The first-order valence-electron chi connectivity index (χ1n) is 7.01. The second-order valence-corrected chi connectivity index (χ2v) is 6.29. The van der Waals surface area contributed by atoms with E-state index in [2.05, 4.69) is 15.3 Å². The summed E-state index contributed by atoms with van der Waals surface area (Å²) >= 11 is 0. The van der Waals surface area contributed by atoms with Crippen molar-refractivity contribution in [2.75, 3.05) is 24.3 Å². The molecule has 96 valence electrons. The van der Waals surface area contributed by atoms with Crippen molar-refractivity contribution in [2.45, 2.75) is 25.3 Å². The van der Waals surface area contributed by atoms with Crippen LogP contribution in [0.15, 0.2) is 12.3 Å². The molecule has 0 saturated heterocycles. The molecule has 4 unspecified atom stereocenters. The fourth-order valence-electron chi connectivity index (χ4n) is 4.33. The van der Waals surface area contributed by atoms with Crippen molar-refractivity contribution in [1.82, 2.24) is 9.97 Å². The van der Waals surface area contributed by atoms with Crippen LogP contribution in [0.2, 0.25) is 0 Å². The van der Waals surface area contributed by atoms with E-state index in [1.807, 2.05) is 31.3 Å². The highest BCUT2D eigenvalue weighted by molar-refractivity contribution is 5.44. The fourth-order valence-corrected chi connectivity index (χ4v) is 4.33. The van der Waals surface area contributed by atoms with Gasteiger partial charge in [0, 0.05) is 26.3 Å². The first-order chi connectivity index (χ1) is 8.74. The summed E-state index contributed by atoms with van der Waals surface area (Å²) in [5.74, 6) is 5.68. The number of nitrogens with zero attached hydrogens (tertiary/aromatic N) is 3. The Balaban J connectivity index is 1.49. The monoisotopic (exact) mass is 244 g/mol. The Morgan fingerprint density at radius 1 is 1.22 bits per heavy atom. The molecule has 0 aromatic carbocycles. The van der Waals surface area contributed by atoms with Crippen LogP contribution < -0.4 is 10.2 Å². The normalized spacial score (nSPS) is 39.6. The second-order valence-electron chi connectivity index (χ2n) is 6.29. The summed E-state index contributed by atoms with van der Waals surface area (Å²) in [7, 11) is 3.95.